The van der Waals surface area contributed by atoms with Gasteiger partial charge in [-0.1, -0.05) is 0 Å². The number of hydrogen-bond donors (Lipinski definition) is 1. The van der Waals surface area contributed by atoms with Gasteiger partial charge < -0.3 is 14.5 Å². The number of carbonyl (C=O) groups excluding carboxylic acids is 2. The van der Waals surface area contributed by atoms with Crippen molar-refractivity contribution in [1.82, 2.24) is 20.0 Å². The lowest BCUT2D eigenvalue weighted by Gasteiger charge is -2.22. The Hall–Kier alpha value is -2.83. The smallest absolute Gasteiger partial charge is 0.271 e. The minimum Gasteiger partial charge on any atom is -0.494 e. The van der Waals surface area contributed by atoms with Crippen molar-refractivity contribution in [3.8, 4) is 5.75 Å². The van der Waals surface area contributed by atoms with E-state index in [-0.39, 0.29) is 11.8 Å². The molecule has 132 valence electrons. The molecule has 25 heavy (non-hydrogen) atoms. The molecule has 7 heteroatoms. The van der Waals surface area contributed by atoms with Crippen LogP contribution in [0.15, 0.2) is 36.5 Å². The van der Waals surface area contributed by atoms with Gasteiger partial charge in [0, 0.05) is 37.9 Å². The maximum Gasteiger partial charge on any atom is 0.271 e. The van der Waals surface area contributed by atoms with Crippen LogP contribution < -0.4 is 4.74 Å². The van der Waals surface area contributed by atoms with E-state index >= 15 is 0 Å². The Morgan fingerprint density at radius 2 is 1.72 bits per heavy atom. The highest BCUT2D eigenvalue weighted by Crippen LogP contribution is 2.15. The van der Waals surface area contributed by atoms with Crippen molar-refractivity contribution in [2.45, 2.75) is 13.3 Å². The summed E-state index contributed by atoms with van der Waals surface area (Å²) in [4.78, 5) is 28.7. The fourth-order valence-electron chi connectivity index (χ4n) is 2.91. The lowest BCUT2D eigenvalue weighted by molar-refractivity contribution is 0.0715. The molecule has 0 atom stereocenters. The molecule has 1 N–H and O–H groups in total. The van der Waals surface area contributed by atoms with E-state index in [1.807, 2.05) is 19.1 Å². The van der Waals surface area contributed by atoms with Gasteiger partial charge in [-0.15, -0.1) is 0 Å². The molecule has 0 saturated carbocycles. The minimum absolute atomic E-state index is 0.0149. The van der Waals surface area contributed by atoms with Gasteiger partial charge >= 0.3 is 0 Å². The van der Waals surface area contributed by atoms with Crippen molar-refractivity contribution >= 4 is 11.8 Å². The first-order valence-electron chi connectivity index (χ1n) is 8.50. The molecule has 1 aromatic carbocycles. The predicted molar refractivity (Wildman–Crippen MR) is 92.6 cm³/mol. The Morgan fingerprint density at radius 3 is 2.32 bits per heavy atom. The van der Waals surface area contributed by atoms with Crippen LogP contribution in [-0.4, -0.2) is 64.6 Å². The van der Waals surface area contributed by atoms with Crippen LogP contribution in [0, 0.1) is 0 Å². The molecule has 1 aromatic heterocycles. The fraction of sp³-hybridized carbons (Fsp3) is 0.389. The molecule has 1 aliphatic heterocycles. The van der Waals surface area contributed by atoms with Gasteiger partial charge in [-0.2, -0.15) is 5.10 Å². The number of rotatable bonds is 4. The van der Waals surface area contributed by atoms with Crippen LogP contribution in [0.5, 0.6) is 5.75 Å². The SMILES string of the molecule is CCOc1ccc(C(=O)N2CCCN(C(=O)c3ccn[nH]3)CC2)cc1. The van der Waals surface area contributed by atoms with Crippen molar-refractivity contribution in [1.29, 1.82) is 0 Å². The summed E-state index contributed by atoms with van der Waals surface area (Å²) < 4.78 is 5.40. The summed E-state index contributed by atoms with van der Waals surface area (Å²) in [5, 5.41) is 6.51. The topological polar surface area (TPSA) is 78.5 Å². The lowest BCUT2D eigenvalue weighted by Crippen LogP contribution is -2.37. The summed E-state index contributed by atoms with van der Waals surface area (Å²) >= 11 is 0. The van der Waals surface area contributed by atoms with E-state index < -0.39 is 0 Å². The second-order valence-corrected chi connectivity index (χ2v) is 5.87. The third kappa shape index (κ3) is 3.99. The highest BCUT2D eigenvalue weighted by molar-refractivity contribution is 5.95. The highest BCUT2D eigenvalue weighted by atomic mass is 16.5. The van der Waals surface area contributed by atoms with E-state index in [0.717, 1.165) is 12.2 Å². The van der Waals surface area contributed by atoms with E-state index in [2.05, 4.69) is 10.2 Å². The van der Waals surface area contributed by atoms with E-state index in [1.54, 1.807) is 34.2 Å². The second kappa shape index (κ2) is 7.83. The summed E-state index contributed by atoms with van der Waals surface area (Å²) in [6, 6.07) is 8.85. The predicted octanol–water partition coefficient (Wildman–Crippen LogP) is 1.80. The first-order valence-corrected chi connectivity index (χ1v) is 8.50. The molecular weight excluding hydrogens is 320 g/mol. The van der Waals surface area contributed by atoms with Gasteiger partial charge in [0.1, 0.15) is 11.4 Å². The first kappa shape index (κ1) is 17.0. The lowest BCUT2D eigenvalue weighted by atomic mass is 10.2. The molecule has 2 heterocycles. The van der Waals surface area contributed by atoms with Crippen LogP contribution in [-0.2, 0) is 0 Å². The van der Waals surface area contributed by atoms with Crippen LogP contribution in [0.25, 0.3) is 0 Å². The second-order valence-electron chi connectivity index (χ2n) is 5.87. The van der Waals surface area contributed by atoms with Gasteiger partial charge in [-0.25, -0.2) is 0 Å². The zero-order chi connectivity index (χ0) is 17.6. The summed E-state index contributed by atoms with van der Waals surface area (Å²) in [6.07, 6.45) is 2.31. The van der Waals surface area contributed by atoms with E-state index in [9.17, 15) is 9.59 Å². The van der Waals surface area contributed by atoms with E-state index in [0.29, 0.717) is 44.0 Å². The number of benzene rings is 1. The monoisotopic (exact) mass is 342 g/mol. The Labute approximate surface area is 146 Å². The standard InChI is InChI=1S/C18H22N4O3/c1-2-25-15-6-4-14(5-7-15)17(23)21-10-3-11-22(13-12-21)18(24)16-8-9-19-20-16/h4-9H,2-3,10-13H2,1H3,(H,19,20). The van der Waals surface area contributed by atoms with Gasteiger partial charge in [-0.3, -0.25) is 14.7 Å². The normalized spacial score (nSPS) is 14.9. The number of aromatic nitrogens is 2. The molecule has 0 radical (unpaired) electrons. The molecule has 1 aliphatic rings. The van der Waals surface area contributed by atoms with Crippen molar-refractivity contribution in [3.05, 3.63) is 47.8 Å². The molecule has 1 saturated heterocycles. The number of amides is 2. The number of carbonyl (C=O) groups is 2. The third-order valence-electron chi connectivity index (χ3n) is 4.21. The number of nitrogens with zero attached hydrogens (tertiary/aromatic N) is 3. The summed E-state index contributed by atoms with van der Waals surface area (Å²) in [5.74, 6) is 0.665. The fourth-order valence-corrected chi connectivity index (χ4v) is 2.91. The minimum atomic E-state index is -0.0760. The quantitative estimate of drug-likeness (QED) is 0.919. The van der Waals surface area contributed by atoms with Crippen LogP contribution in [0.1, 0.15) is 34.2 Å². The molecular formula is C18H22N4O3. The Bertz CT molecular complexity index is 712. The molecule has 7 nitrogen and oxygen atoms in total. The number of hydrogen-bond acceptors (Lipinski definition) is 4. The van der Waals surface area contributed by atoms with Gasteiger partial charge in [0.15, 0.2) is 0 Å². The largest absolute Gasteiger partial charge is 0.494 e. The Morgan fingerprint density at radius 1 is 1.04 bits per heavy atom. The van der Waals surface area contributed by atoms with Crippen molar-refractivity contribution in [3.63, 3.8) is 0 Å². The molecule has 0 unspecified atom stereocenters. The Kier molecular flexibility index (Phi) is 5.33. The van der Waals surface area contributed by atoms with Crippen molar-refractivity contribution < 1.29 is 14.3 Å². The molecule has 3 rings (SSSR count). The highest BCUT2D eigenvalue weighted by Gasteiger charge is 2.24. The summed E-state index contributed by atoms with van der Waals surface area (Å²) in [7, 11) is 0. The van der Waals surface area contributed by atoms with E-state index in [1.165, 1.54) is 0 Å². The number of aromatic amines is 1. The molecule has 1 fully saturated rings. The van der Waals surface area contributed by atoms with Gasteiger partial charge in [-0.05, 0) is 43.7 Å². The maximum absolute atomic E-state index is 12.7. The molecule has 0 spiro atoms. The van der Waals surface area contributed by atoms with Crippen LogP contribution >= 0.6 is 0 Å². The van der Waals surface area contributed by atoms with Crippen LogP contribution in [0.3, 0.4) is 0 Å². The maximum atomic E-state index is 12.7. The van der Waals surface area contributed by atoms with Gasteiger partial charge in [0.25, 0.3) is 11.8 Å². The van der Waals surface area contributed by atoms with Gasteiger partial charge in [0.2, 0.25) is 0 Å². The number of nitrogens with one attached hydrogen (secondary N) is 1. The molecule has 2 amide bonds. The van der Waals surface area contributed by atoms with Crippen molar-refractivity contribution in [2.75, 3.05) is 32.8 Å². The molecule has 0 bridgehead atoms. The average Bonchev–Trinajstić information content (AvgIpc) is 3.06. The molecule has 0 aliphatic carbocycles. The van der Waals surface area contributed by atoms with Crippen LogP contribution in [0.2, 0.25) is 0 Å². The average molecular weight is 342 g/mol. The van der Waals surface area contributed by atoms with E-state index in [4.69, 9.17) is 4.74 Å². The third-order valence-corrected chi connectivity index (χ3v) is 4.21. The number of ether oxygens (including phenoxy) is 1. The molecule has 2 aromatic rings. The summed E-state index contributed by atoms with van der Waals surface area (Å²) in [6.45, 7) is 4.82. The summed E-state index contributed by atoms with van der Waals surface area (Å²) in [5.41, 5.74) is 1.11. The zero-order valence-electron chi connectivity index (χ0n) is 14.3. The van der Waals surface area contributed by atoms with Crippen molar-refractivity contribution in [2.24, 2.45) is 0 Å². The number of H-pyrrole nitrogens is 1. The van der Waals surface area contributed by atoms with Gasteiger partial charge in [0.05, 0.1) is 6.61 Å². The van der Waals surface area contributed by atoms with Crippen LogP contribution in [0.4, 0.5) is 0 Å². The zero-order valence-corrected chi connectivity index (χ0v) is 14.3. The first-order chi connectivity index (χ1) is 12.2. The Balaban J connectivity index is 1.62.